The van der Waals surface area contributed by atoms with Gasteiger partial charge < -0.3 is 4.74 Å². The fraction of sp³-hybridized carbons (Fsp3) is 0.429. The normalized spacial score (nSPS) is 13.9. The molecule has 1 aromatic rings. The molecule has 15 heavy (non-hydrogen) atoms. The summed E-state index contributed by atoms with van der Waals surface area (Å²) in [5.41, 5.74) is 2.56. The molecule has 0 heterocycles. The molecule has 0 aromatic heterocycles. The molecule has 0 aliphatic carbocycles. The fourth-order valence-electron chi connectivity index (χ4n) is 1.63. The number of benzene rings is 1. The van der Waals surface area contributed by atoms with Gasteiger partial charge in [-0.3, -0.25) is 0 Å². The molecule has 1 rings (SSSR count). The van der Waals surface area contributed by atoms with E-state index in [9.17, 15) is 0 Å². The summed E-state index contributed by atoms with van der Waals surface area (Å²) in [6, 6.07) is 10.4. The molecule has 1 aromatic carbocycles. The van der Waals surface area contributed by atoms with Gasteiger partial charge in [0.15, 0.2) is 0 Å². The van der Waals surface area contributed by atoms with E-state index in [1.165, 1.54) is 11.1 Å². The van der Waals surface area contributed by atoms with Crippen molar-refractivity contribution >= 4 is 5.57 Å². The molecule has 1 unspecified atom stereocenters. The Morgan fingerprint density at radius 1 is 1.33 bits per heavy atom. The van der Waals surface area contributed by atoms with E-state index in [4.69, 9.17) is 4.74 Å². The highest BCUT2D eigenvalue weighted by atomic mass is 16.5. The molecule has 1 nitrogen and oxygen atoms in total. The first-order valence-electron chi connectivity index (χ1n) is 5.54. The Morgan fingerprint density at radius 2 is 2.00 bits per heavy atom. The summed E-state index contributed by atoms with van der Waals surface area (Å²) in [5.74, 6) is 0. The second-order valence-corrected chi connectivity index (χ2v) is 3.78. The van der Waals surface area contributed by atoms with E-state index >= 15 is 0 Å². The van der Waals surface area contributed by atoms with Crippen LogP contribution in [0.25, 0.3) is 5.57 Å². The van der Waals surface area contributed by atoms with Crippen LogP contribution in [-0.2, 0) is 4.74 Å². The van der Waals surface area contributed by atoms with Crippen LogP contribution in [0.5, 0.6) is 0 Å². The smallest absolute Gasteiger partial charge is 0.0757 e. The Balaban J connectivity index is 2.74. The van der Waals surface area contributed by atoms with Crippen LogP contribution < -0.4 is 0 Å². The lowest BCUT2D eigenvalue weighted by atomic mass is 10.0. The summed E-state index contributed by atoms with van der Waals surface area (Å²) in [5, 5.41) is 0. The van der Waals surface area contributed by atoms with E-state index < -0.39 is 0 Å². The second-order valence-electron chi connectivity index (χ2n) is 3.78. The number of methoxy groups -OCH3 is 1. The Hall–Kier alpha value is -1.08. The van der Waals surface area contributed by atoms with Gasteiger partial charge in [0.1, 0.15) is 0 Å². The first kappa shape index (κ1) is 12.0. The number of allylic oxidation sites excluding steroid dienone is 1. The number of hydrogen-bond donors (Lipinski definition) is 0. The van der Waals surface area contributed by atoms with Crippen molar-refractivity contribution in [3.05, 3.63) is 42.0 Å². The van der Waals surface area contributed by atoms with Crippen LogP contribution in [0.1, 0.15) is 32.3 Å². The molecule has 82 valence electrons. The largest absolute Gasteiger partial charge is 0.377 e. The third kappa shape index (κ3) is 3.88. The standard InChI is InChI=1S/C14H20O/c1-4-8-14(15-3)11-12(2)13-9-6-5-7-10-13/h5-7,9-11,14H,4,8H2,1-3H3/b12-11+. The monoisotopic (exact) mass is 204 g/mol. The quantitative estimate of drug-likeness (QED) is 0.706. The molecule has 0 aliphatic heterocycles. The van der Waals surface area contributed by atoms with Crippen molar-refractivity contribution in [3.8, 4) is 0 Å². The third-order valence-corrected chi connectivity index (χ3v) is 2.54. The molecule has 0 radical (unpaired) electrons. The highest BCUT2D eigenvalue weighted by molar-refractivity contribution is 5.63. The van der Waals surface area contributed by atoms with E-state index in [2.05, 4.69) is 44.2 Å². The minimum absolute atomic E-state index is 0.246. The van der Waals surface area contributed by atoms with Crippen LogP contribution in [-0.4, -0.2) is 13.2 Å². The lowest BCUT2D eigenvalue weighted by molar-refractivity contribution is 0.133. The highest BCUT2D eigenvalue weighted by Gasteiger charge is 2.03. The van der Waals surface area contributed by atoms with Crippen molar-refractivity contribution in [1.29, 1.82) is 0 Å². The minimum atomic E-state index is 0.246. The molecule has 0 amide bonds. The van der Waals surface area contributed by atoms with Crippen LogP contribution in [0.15, 0.2) is 36.4 Å². The molecule has 1 atom stereocenters. The van der Waals surface area contributed by atoms with Crippen molar-refractivity contribution in [2.45, 2.75) is 32.8 Å². The van der Waals surface area contributed by atoms with Gasteiger partial charge in [0.25, 0.3) is 0 Å². The van der Waals surface area contributed by atoms with E-state index in [0.717, 1.165) is 12.8 Å². The maximum Gasteiger partial charge on any atom is 0.0757 e. The van der Waals surface area contributed by atoms with Gasteiger partial charge in [0, 0.05) is 7.11 Å². The predicted octanol–water partition coefficient (Wildman–Crippen LogP) is 3.91. The zero-order chi connectivity index (χ0) is 11.1. The zero-order valence-electron chi connectivity index (χ0n) is 9.86. The average Bonchev–Trinajstić information content (AvgIpc) is 2.29. The van der Waals surface area contributed by atoms with Gasteiger partial charge in [0.2, 0.25) is 0 Å². The molecule has 0 N–H and O–H groups in total. The van der Waals surface area contributed by atoms with Crippen molar-refractivity contribution < 1.29 is 4.74 Å². The lowest BCUT2D eigenvalue weighted by Crippen LogP contribution is -2.06. The molecule has 0 saturated heterocycles. The van der Waals surface area contributed by atoms with Gasteiger partial charge in [-0.1, -0.05) is 49.8 Å². The van der Waals surface area contributed by atoms with Crippen molar-refractivity contribution in [3.63, 3.8) is 0 Å². The molecular formula is C14H20O. The van der Waals surface area contributed by atoms with Crippen molar-refractivity contribution in [2.75, 3.05) is 7.11 Å². The van der Waals surface area contributed by atoms with E-state index in [-0.39, 0.29) is 6.10 Å². The molecule has 1 heteroatoms. The minimum Gasteiger partial charge on any atom is -0.377 e. The number of hydrogen-bond acceptors (Lipinski definition) is 1. The summed E-state index contributed by atoms with van der Waals surface area (Å²) in [6.45, 7) is 4.31. The van der Waals surface area contributed by atoms with Crippen LogP contribution >= 0.6 is 0 Å². The third-order valence-electron chi connectivity index (χ3n) is 2.54. The van der Waals surface area contributed by atoms with Gasteiger partial charge in [-0.15, -0.1) is 0 Å². The SMILES string of the molecule is CCCC(/C=C(\C)c1ccccc1)OC. The van der Waals surface area contributed by atoms with Crippen molar-refractivity contribution in [2.24, 2.45) is 0 Å². The molecule has 0 aliphatic rings. The van der Waals surface area contributed by atoms with Crippen LogP contribution in [0, 0.1) is 0 Å². The Kier molecular flexibility index (Phi) is 5.13. The number of ether oxygens (including phenoxy) is 1. The van der Waals surface area contributed by atoms with Gasteiger partial charge in [0.05, 0.1) is 6.10 Å². The van der Waals surface area contributed by atoms with Gasteiger partial charge in [-0.25, -0.2) is 0 Å². The first-order valence-corrected chi connectivity index (χ1v) is 5.54. The molecule has 0 saturated carbocycles. The fourth-order valence-corrected chi connectivity index (χ4v) is 1.63. The Labute approximate surface area is 92.8 Å². The van der Waals surface area contributed by atoms with Gasteiger partial charge >= 0.3 is 0 Å². The summed E-state index contributed by atoms with van der Waals surface area (Å²) < 4.78 is 5.41. The van der Waals surface area contributed by atoms with Crippen molar-refractivity contribution in [1.82, 2.24) is 0 Å². The number of rotatable bonds is 5. The van der Waals surface area contributed by atoms with Crippen LogP contribution in [0.2, 0.25) is 0 Å². The maximum atomic E-state index is 5.41. The topological polar surface area (TPSA) is 9.23 Å². The van der Waals surface area contributed by atoms with E-state index in [0.29, 0.717) is 0 Å². The Bertz CT molecular complexity index is 300. The summed E-state index contributed by atoms with van der Waals surface area (Å²) in [7, 11) is 1.77. The van der Waals surface area contributed by atoms with Crippen LogP contribution in [0.4, 0.5) is 0 Å². The Morgan fingerprint density at radius 3 is 2.53 bits per heavy atom. The van der Waals surface area contributed by atoms with Gasteiger partial charge in [-0.2, -0.15) is 0 Å². The maximum absolute atomic E-state index is 5.41. The van der Waals surface area contributed by atoms with Gasteiger partial charge in [-0.05, 0) is 24.5 Å². The summed E-state index contributed by atoms with van der Waals surface area (Å²) in [6.07, 6.45) is 4.69. The molecule has 0 fully saturated rings. The van der Waals surface area contributed by atoms with E-state index in [1.54, 1.807) is 7.11 Å². The molecule has 0 spiro atoms. The summed E-state index contributed by atoms with van der Waals surface area (Å²) >= 11 is 0. The predicted molar refractivity (Wildman–Crippen MR) is 65.8 cm³/mol. The zero-order valence-corrected chi connectivity index (χ0v) is 9.86. The highest BCUT2D eigenvalue weighted by Crippen LogP contribution is 2.16. The summed E-state index contributed by atoms with van der Waals surface area (Å²) in [4.78, 5) is 0. The average molecular weight is 204 g/mol. The molecular weight excluding hydrogens is 184 g/mol. The van der Waals surface area contributed by atoms with E-state index in [1.807, 2.05) is 6.07 Å². The van der Waals surface area contributed by atoms with Crippen LogP contribution in [0.3, 0.4) is 0 Å². The molecule has 0 bridgehead atoms. The lowest BCUT2D eigenvalue weighted by Gasteiger charge is -2.11. The second kappa shape index (κ2) is 6.41. The first-order chi connectivity index (χ1) is 7.27.